The second kappa shape index (κ2) is 3.45. The van der Waals surface area contributed by atoms with Crippen molar-refractivity contribution in [3.63, 3.8) is 0 Å². The number of aryl methyl sites for hydroxylation is 2. The van der Waals surface area contributed by atoms with Gasteiger partial charge in [0.15, 0.2) is 0 Å². The van der Waals surface area contributed by atoms with Gasteiger partial charge in [0.2, 0.25) is 0 Å². The molecule has 2 rings (SSSR count). The molecule has 1 aliphatic heterocycles. The summed E-state index contributed by atoms with van der Waals surface area (Å²) in [5, 5.41) is 7.63. The number of rotatable bonds is 1. The Morgan fingerprint density at radius 3 is 2.36 bits per heavy atom. The van der Waals surface area contributed by atoms with Crippen LogP contribution in [0.25, 0.3) is 0 Å². The van der Waals surface area contributed by atoms with E-state index in [1.807, 2.05) is 0 Å². The van der Waals surface area contributed by atoms with Gasteiger partial charge in [-0.15, -0.1) is 0 Å². The van der Waals surface area contributed by atoms with Crippen LogP contribution in [0.3, 0.4) is 0 Å². The average molecular weight is 188 g/mol. The summed E-state index contributed by atoms with van der Waals surface area (Å²) in [6, 6.07) is 6.38. The summed E-state index contributed by atoms with van der Waals surface area (Å²) in [6.07, 6.45) is 0.924. The molecule has 0 aliphatic carbocycles. The van der Waals surface area contributed by atoms with Crippen LogP contribution in [0, 0.1) is 19.3 Å². The lowest BCUT2D eigenvalue weighted by Gasteiger charge is -2.21. The second-order valence-corrected chi connectivity index (χ2v) is 4.02. The minimum absolute atomic E-state index is 0.811. The Morgan fingerprint density at radius 2 is 1.86 bits per heavy atom. The molecule has 0 radical (unpaired) electrons. The van der Waals surface area contributed by atoms with Gasteiger partial charge in [0.1, 0.15) is 0 Å². The SMILES string of the molecule is Cc1cccc(C)c1N1CCC(=N)C1. The molecule has 0 saturated carbocycles. The van der Waals surface area contributed by atoms with Crippen LogP contribution in [0.2, 0.25) is 0 Å². The molecule has 1 aliphatic rings. The van der Waals surface area contributed by atoms with Gasteiger partial charge in [-0.25, -0.2) is 0 Å². The van der Waals surface area contributed by atoms with Crippen LogP contribution in [0.5, 0.6) is 0 Å². The van der Waals surface area contributed by atoms with E-state index in [0.29, 0.717) is 0 Å². The van der Waals surface area contributed by atoms with Gasteiger partial charge in [-0.3, -0.25) is 0 Å². The summed E-state index contributed by atoms with van der Waals surface area (Å²) in [7, 11) is 0. The van der Waals surface area contributed by atoms with Gasteiger partial charge in [-0.05, 0) is 25.0 Å². The highest BCUT2D eigenvalue weighted by Crippen LogP contribution is 2.26. The van der Waals surface area contributed by atoms with E-state index in [-0.39, 0.29) is 0 Å². The molecule has 2 nitrogen and oxygen atoms in total. The summed E-state index contributed by atoms with van der Waals surface area (Å²) < 4.78 is 0. The van der Waals surface area contributed by atoms with Crippen molar-refractivity contribution in [2.45, 2.75) is 20.3 Å². The maximum atomic E-state index is 7.63. The fraction of sp³-hybridized carbons (Fsp3) is 0.417. The van der Waals surface area contributed by atoms with Crippen LogP contribution < -0.4 is 4.90 Å². The van der Waals surface area contributed by atoms with Gasteiger partial charge in [0.25, 0.3) is 0 Å². The van der Waals surface area contributed by atoms with Crippen molar-refractivity contribution in [1.82, 2.24) is 0 Å². The number of para-hydroxylation sites is 1. The minimum Gasteiger partial charge on any atom is -0.365 e. The molecule has 74 valence electrons. The molecule has 14 heavy (non-hydrogen) atoms. The smallest absolute Gasteiger partial charge is 0.0556 e. The number of nitrogens with one attached hydrogen (secondary N) is 1. The number of benzene rings is 1. The first-order valence-electron chi connectivity index (χ1n) is 5.06. The second-order valence-electron chi connectivity index (χ2n) is 4.02. The van der Waals surface area contributed by atoms with Crippen molar-refractivity contribution >= 4 is 11.4 Å². The van der Waals surface area contributed by atoms with Crippen LogP contribution in [0.1, 0.15) is 17.5 Å². The Morgan fingerprint density at radius 1 is 1.21 bits per heavy atom. The summed E-state index contributed by atoms with van der Waals surface area (Å²) in [6.45, 7) is 6.10. The maximum Gasteiger partial charge on any atom is 0.0556 e. The van der Waals surface area contributed by atoms with Gasteiger partial charge in [0, 0.05) is 24.4 Å². The molecular weight excluding hydrogens is 172 g/mol. The quantitative estimate of drug-likeness (QED) is 0.720. The predicted octanol–water partition coefficient (Wildman–Crippen LogP) is 2.53. The Labute approximate surface area is 85.1 Å². The first kappa shape index (κ1) is 9.25. The lowest BCUT2D eigenvalue weighted by Crippen LogP contribution is -2.21. The van der Waals surface area contributed by atoms with E-state index < -0.39 is 0 Å². The summed E-state index contributed by atoms with van der Waals surface area (Å²) in [5.74, 6) is 0. The highest BCUT2D eigenvalue weighted by Gasteiger charge is 2.19. The molecule has 0 amide bonds. The zero-order valence-corrected chi connectivity index (χ0v) is 8.80. The molecule has 1 aromatic rings. The molecule has 0 aromatic heterocycles. The van der Waals surface area contributed by atoms with Crippen LogP contribution in [-0.4, -0.2) is 18.8 Å². The van der Waals surface area contributed by atoms with Gasteiger partial charge in [-0.1, -0.05) is 18.2 Å². The van der Waals surface area contributed by atoms with E-state index >= 15 is 0 Å². The Hall–Kier alpha value is -1.31. The number of anilines is 1. The van der Waals surface area contributed by atoms with Gasteiger partial charge in [-0.2, -0.15) is 0 Å². The molecule has 1 fully saturated rings. The van der Waals surface area contributed by atoms with Crippen molar-refractivity contribution < 1.29 is 0 Å². The molecule has 0 bridgehead atoms. The topological polar surface area (TPSA) is 27.1 Å². The van der Waals surface area contributed by atoms with Crippen molar-refractivity contribution in [1.29, 1.82) is 5.41 Å². The van der Waals surface area contributed by atoms with Crippen LogP contribution in [0.4, 0.5) is 5.69 Å². The van der Waals surface area contributed by atoms with E-state index in [1.165, 1.54) is 16.8 Å². The van der Waals surface area contributed by atoms with Crippen molar-refractivity contribution in [2.75, 3.05) is 18.0 Å². The third-order valence-electron chi connectivity index (χ3n) is 2.82. The van der Waals surface area contributed by atoms with E-state index in [0.717, 1.165) is 25.2 Å². The standard InChI is InChI=1S/C12H16N2/c1-9-4-3-5-10(2)12(9)14-7-6-11(13)8-14/h3-5,13H,6-8H2,1-2H3. The first-order valence-corrected chi connectivity index (χ1v) is 5.06. The largest absolute Gasteiger partial charge is 0.365 e. The molecule has 0 unspecified atom stereocenters. The third-order valence-corrected chi connectivity index (χ3v) is 2.82. The molecule has 2 heteroatoms. The van der Waals surface area contributed by atoms with E-state index in [2.05, 4.69) is 36.9 Å². The molecule has 1 saturated heterocycles. The highest BCUT2D eigenvalue weighted by atomic mass is 15.2. The first-order chi connectivity index (χ1) is 6.68. The minimum atomic E-state index is 0.811. The molecule has 1 aromatic carbocycles. The van der Waals surface area contributed by atoms with Crippen molar-refractivity contribution in [3.05, 3.63) is 29.3 Å². The maximum absolute atomic E-state index is 7.63. The predicted molar refractivity (Wildman–Crippen MR) is 60.5 cm³/mol. The number of hydrogen-bond donors (Lipinski definition) is 1. The van der Waals surface area contributed by atoms with Crippen LogP contribution in [0.15, 0.2) is 18.2 Å². The Bertz CT molecular complexity index is 348. The van der Waals surface area contributed by atoms with Crippen LogP contribution >= 0.6 is 0 Å². The highest BCUT2D eigenvalue weighted by molar-refractivity contribution is 5.90. The summed E-state index contributed by atoms with van der Waals surface area (Å²) in [5.41, 5.74) is 4.82. The Kier molecular flexibility index (Phi) is 2.28. The van der Waals surface area contributed by atoms with Crippen LogP contribution in [-0.2, 0) is 0 Å². The zero-order chi connectivity index (χ0) is 10.1. The van der Waals surface area contributed by atoms with Gasteiger partial charge >= 0.3 is 0 Å². The monoisotopic (exact) mass is 188 g/mol. The van der Waals surface area contributed by atoms with E-state index in [9.17, 15) is 0 Å². The Balaban J connectivity index is 2.36. The molecule has 0 atom stereocenters. The lowest BCUT2D eigenvalue weighted by molar-refractivity contribution is 0.954. The summed E-state index contributed by atoms with van der Waals surface area (Å²) in [4.78, 5) is 2.31. The zero-order valence-electron chi connectivity index (χ0n) is 8.80. The lowest BCUT2D eigenvalue weighted by atomic mass is 10.1. The number of hydrogen-bond acceptors (Lipinski definition) is 2. The van der Waals surface area contributed by atoms with E-state index in [1.54, 1.807) is 0 Å². The normalized spacial score (nSPS) is 16.4. The molecule has 0 spiro atoms. The molecule has 1 N–H and O–H groups in total. The third kappa shape index (κ3) is 1.52. The summed E-state index contributed by atoms with van der Waals surface area (Å²) >= 11 is 0. The average Bonchev–Trinajstić information content (AvgIpc) is 2.51. The fourth-order valence-electron chi connectivity index (χ4n) is 2.15. The fourth-order valence-corrected chi connectivity index (χ4v) is 2.15. The van der Waals surface area contributed by atoms with Crippen molar-refractivity contribution in [3.8, 4) is 0 Å². The van der Waals surface area contributed by atoms with Gasteiger partial charge < -0.3 is 10.3 Å². The van der Waals surface area contributed by atoms with Crippen molar-refractivity contribution in [2.24, 2.45) is 0 Å². The molecular formula is C12H16N2. The number of nitrogens with zero attached hydrogens (tertiary/aromatic N) is 1. The van der Waals surface area contributed by atoms with E-state index in [4.69, 9.17) is 5.41 Å². The molecule has 1 heterocycles. The van der Waals surface area contributed by atoms with Gasteiger partial charge in [0.05, 0.1) is 6.54 Å².